The summed E-state index contributed by atoms with van der Waals surface area (Å²) in [5.41, 5.74) is 4.54. The Labute approximate surface area is 174 Å². The molecule has 6 nitrogen and oxygen atoms in total. The molecular formula is C23H36N6. The van der Waals surface area contributed by atoms with Crippen LogP contribution in [0.3, 0.4) is 0 Å². The van der Waals surface area contributed by atoms with Gasteiger partial charge in [0.2, 0.25) is 0 Å². The first-order valence-electron chi connectivity index (χ1n) is 10.7. The summed E-state index contributed by atoms with van der Waals surface area (Å²) in [5, 5.41) is 0. The van der Waals surface area contributed by atoms with Crippen LogP contribution in [0.15, 0.2) is 12.4 Å². The molecular weight excluding hydrogens is 360 g/mol. The van der Waals surface area contributed by atoms with E-state index < -0.39 is 0 Å². The zero-order valence-corrected chi connectivity index (χ0v) is 19.2. The minimum atomic E-state index is 0.323. The summed E-state index contributed by atoms with van der Waals surface area (Å²) in [4.78, 5) is 17.8. The Morgan fingerprint density at radius 2 is 1.48 bits per heavy atom. The van der Waals surface area contributed by atoms with Crippen LogP contribution in [0.1, 0.15) is 92.1 Å². The first-order valence-corrected chi connectivity index (χ1v) is 10.7. The molecule has 0 aliphatic heterocycles. The van der Waals surface area contributed by atoms with Gasteiger partial charge in [0.15, 0.2) is 0 Å². The molecule has 158 valence electrons. The molecule has 0 aromatic carbocycles. The van der Waals surface area contributed by atoms with Crippen LogP contribution in [0.2, 0.25) is 0 Å². The lowest BCUT2D eigenvalue weighted by molar-refractivity contribution is 0.604. The van der Waals surface area contributed by atoms with Crippen molar-refractivity contribution in [1.29, 1.82) is 0 Å². The maximum Gasteiger partial charge on any atom is 0.111 e. The molecule has 0 saturated carbocycles. The van der Waals surface area contributed by atoms with Crippen LogP contribution in [0.5, 0.6) is 0 Å². The average Bonchev–Trinajstić information content (AvgIpc) is 3.30. The van der Waals surface area contributed by atoms with Crippen LogP contribution in [0.25, 0.3) is 0 Å². The summed E-state index contributed by atoms with van der Waals surface area (Å²) in [7, 11) is 4.19. The van der Waals surface area contributed by atoms with Crippen LogP contribution in [-0.2, 0) is 26.9 Å². The molecule has 29 heavy (non-hydrogen) atoms. The van der Waals surface area contributed by atoms with Crippen LogP contribution < -0.4 is 0 Å². The zero-order valence-electron chi connectivity index (χ0n) is 19.2. The van der Waals surface area contributed by atoms with E-state index in [0.717, 1.165) is 53.8 Å². The summed E-state index contributed by atoms with van der Waals surface area (Å²) in [6.45, 7) is 13.0. The van der Waals surface area contributed by atoms with Gasteiger partial charge in [-0.1, -0.05) is 27.7 Å². The number of nitrogens with zero attached hydrogens (tertiary/aromatic N) is 5. The largest absolute Gasteiger partial charge is 0.346 e. The second-order valence-corrected chi connectivity index (χ2v) is 8.93. The number of aromatic amines is 1. The Kier molecular flexibility index (Phi) is 6.30. The van der Waals surface area contributed by atoms with Crippen molar-refractivity contribution >= 4 is 0 Å². The van der Waals surface area contributed by atoms with E-state index in [-0.39, 0.29) is 0 Å². The third kappa shape index (κ3) is 4.80. The van der Waals surface area contributed by atoms with Gasteiger partial charge in [-0.15, -0.1) is 0 Å². The number of nitrogens with one attached hydrogen (secondary N) is 1. The van der Waals surface area contributed by atoms with Crippen molar-refractivity contribution in [2.45, 2.75) is 78.6 Å². The van der Waals surface area contributed by atoms with E-state index in [4.69, 9.17) is 9.97 Å². The molecule has 0 aliphatic rings. The molecule has 2 unspecified atom stereocenters. The molecule has 3 aromatic heterocycles. The van der Waals surface area contributed by atoms with Crippen molar-refractivity contribution in [3.8, 4) is 0 Å². The number of aromatic nitrogens is 6. The summed E-state index contributed by atoms with van der Waals surface area (Å²) < 4.78 is 4.34. The zero-order chi connectivity index (χ0) is 21.3. The summed E-state index contributed by atoms with van der Waals surface area (Å²) in [6.07, 6.45) is 7.25. The van der Waals surface area contributed by atoms with Crippen molar-refractivity contribution in [3.05, 3.63) is 52.6 Å². The Bertz CT molecular complexity index is 939. The number of imidazole rings is 3. The lowest BCUT2D eigenvalue weighted by Crippen LogP contribution is -2.05. The molecule has 3 heterocycles. The van der Waals surface area contributed by atoms with Gasteiger partial charge >= 0.3 is 0 Å². The summed E-state index contributed by atoms with van der Waals surface area (Å²) >= 11 is 0. The van der Waals surface area contributed by atoms with E-state index in [1.54, 1.807) is 0 Å². The number of H-pyrrole nitrogens is 1. The van der Waals surface area contributed by atoms with Gasteiger partial charge in [-0.25, -0.2) is 15.0 Å². The molecule has 0 spiro atoms. The maximum atomic E-state index is 4.96. The molecule has 0 aliphatic carbocycles. The fourth-order valence-corrected chi connectivity index (χ4v) is 4.01. The van der Waals surface area contributed by atoms with E-state index in [2.05, 4.69) is 80.2 Å². The SMILES string of the molecule is Cc1nc(C(C)Cc2cn(C)c(C(C)CCc3cn(C)c(C(C)C)n3)n2)[nH]c1C. The van der Waals surface area contributed by atoms with E-state index in [0.29, 0.717) is 17.8 Å². The van der Waals surface area contributed by atoms with Crippen LogP contribution in [0.4, 0.5) is 0 Å². The fourth-order valence-electron chi connectivity index (χ4n) is 4.01. The van der Waals surface area contributed by atoms with Crippen LogP contribution >= 0.6 is 0 Å². The molecule has 3 rings (SSSR count). The quantitative estimate of drug-likeness (QED) is 0.600. The topological polar surface area (TPSA) is 64.3 Å². The molecule has 3 aromatic rings. The smallest absolute Gasteiger partial charge is 0.111 e. The highest BCUT2D eigenvalue weighted by Crippen LogP contribution is 2.24. The van der Waals surface area contributed by atoms with Gasteiger partial charge in [-0.05, 0) is 26.7 Å². The van der Waals surface area contributed by atoms with Gasteiger partial charge in [0.1, 0.15) is 17.5 Å². The third-order valence-electron chi connectivity index (χ3n) is 5.84. The van der Waals surface area contributed by atoms with Crippen molar-refractivity contribution in [3.63, 3.8) is 0 Å². The van der Waals surface area contributed by atoms with Crippen molar-refractivity contribution < 1.29 is 0 Å². The Morgan fingerprint density at radius 3 is 2.07 bits per heavy atom. The second kappa shape index (κ2) is 8.56. The monoisotopic (exact) mass is 396 g/mol. The highest BCUT2D eigenvalue weighted by Gasteiger charge is 2.18. The number of hydrogen-bond acceptors (Lipinski definition) is 3. The number of aryl methyl sites for hydroxylation is 5. The van der Waals surface area contributed by atoms with E-state index in [9.17, 15) is 0 Å². The van der Waals surface area contributed by atoms with Crippen molar-refractivity contribution in [1.82, 2.24) is 29.1 Å². The predicted octanol–water partition coefficient (Wildman–Crippen LogP) is 4.70. The van der Waals surface area contributed by atoms with Gasteiger partial charge in [-0.3, -0.25) is 0 Å². The van der Waals surface area contributed by atoms with Crippen LogP contribution in [0, 0.1) is 13.8 Å². The first kappa shape index (κ1) is 21.3. The summed E-state index contributed by atoms with van der Waals surface area (Å²) in [6, 6.07) is 0. The highest BCUT2D eigenvalue weighted by atomic mass is 15.1. The molecule has 0 saturated heterocycles. The van der Waals surface area contributed by atoms with E-state index in [1.165, 1.54) is 5.69 Å². The number of rotatable bonds is 8. The van der Waals surface area contributed by atoms with E-state index in [1.807, 2.05) is 6.92 Å². The van der Waals surface area contributed by atoms with Gasteiger partial charge in [0.05, 0.1) is 17.1 Å². The highest BCUT2D eigenvalue weighted by molar-refractivity contribution is 5.16. The molecule has 6 heteroatoms. The van der Waals surface area contributed by atoms with Gasteiger partial charge in [0, 0.05) is 56.4 Å². The number of hydrogen-bond donors (Lipinski definition) is 1. The third-order valence-corrected chi connectivity index (χ3v) is 5.84. The van der Waals surface area contributed by atoms with Gasteiger partial charge < -0.3 is 14.1 Å². The minimum Gasteiger partial charge on any atom is -0.346 e. The van der Waals surface area contributed by atoms with Crippen molar-refractivity contribution in [2.75, 3.05) is 0 Å². The lowest BCUT2D eigenvalue weighted by Gasteiger charge is -2.10. The standard InChI is InChI=1S/C23H36N6/c1-14(2)22-26-19(12-28(22)7)10-9-15(3)23-27-20(13-29(23)8)11-16(4)21-24-17(5)18(6)25-21/h12-16H,9-11H2,1-8H3,(H,24,25). The van der Waals surface area contributed by atoms with Gasteiger partial charge in [-0.2, -0.15) is 0 Å². The van der Waals surface area contributed by atoms with Crippen LogP contribution in [-0.4, -0.2) is 29.1 Å². The predicted molar refractivity (Wildman–Crippen MR) is 117 cm³/mol. The normalized spacial score (nSPS) is 14.0. The molecule has 0 amide bonds. The molecule has 1 N–H and O–H groups in total. The maximum absolute atomic E-state index is 4.96. The second-order valence-electron chi connectivity index (χ2n) is 8.93. The molecule has 0 radical (unpaired) electrons. The van der Waals surface area contributed by atoms with E-state index >= 15 is 0 Å². The average molecular weight is 397 g/mol. The van der Waals surface area contributed by atoms with Crippen molar-refractivity contribution in [2.24, 2.45) is 14.1 Å². The molecule has 0 bridgehead atoms. The van der Waals surface area contributed by atoms with Gasteiger partial charge in [0.25, 0.3) is 0 Å². The molecule has 0 fully saturated rings. The Morgan fingerprint density at radius 1 is 0.862 bits per heavy atom. The first-order chi connectivity index (χ1) is 13.7. The fraction of sp³-hybridized carbons (Fsp3) is 0.609. The lowest BCUT2D eigenvalue weighted by atomic mass is 10.0. The molecule has 2 atom stereocenters. The Hall–Kier alpha value is -2.37. The Balaban J connectivity index is 1.63. The summed E-state index contributed by atoms with van der Waals surface area (Å²) in [5.74, 6) is 4.52. The minimum absolute atomic E-state index is 0.323.